The topological polar surface area (TPSA) is 159 Å². The molecule has 14 nitrogen and oxygen atoms in total. The summed E-state index contributed by atoms with van der Waals surface area (Å²) in [5.74, 6) is 1.95. The highest BCUT2D eigenvalue weighted by molar-refractivity contribution is 6.52. The van der Waals surface area contributed by atoms with E-state index >= 15 is 0 Å². The second kappa shape index (κ2) is 22.1. The van der Waals surface area contributed by atoms with Gasteiger partial charge < -0.3 is 39.4 Å². The Hall–Kier alpha value is -6.69. The Morgan fingerprint density at radius 1 is 0.592 bits per heavy atom. The van der Waals surface area contributed by atoms with Crippen molar-refractivity contribution in [3.8, 4) is 0 Å². The van der Waals surface area contributed by atoms with E-state index in [-0.39, 0.29) is 30.1 Å². The Balaban J connectivity index is 0.000000127. The number of morpholine rings is 2. The first kappa shape index (κ1) is 51.4. The zero-order chi connectivity index (χ0) is 52.4. The van der Waals surface area contributed by atoms with E-state index in [1.165, 1.54) is 11.1 Å². The maximum Gasteiger partial charge on any atom is 0.487 e. The van der Waals surface area contributed by atoms with Crippen LogP contribution in [0.15, 0.2) is 103 Å². The van der Waals surface area contributed by atoms with Crippen LogP contribution < -0.4 is 10.6 Å². The molecule has 0 unspecified atom stereocenters. The second-order valence-electron chi connectivity index (χ2n) is 21.1. The van der Waals surface area contributed by atoms with E-state index in [9.17, 15) is 9.59 Å². The summed E-state index contributed by atoms with van der Waals surface area (Å²) in [7, 11) is -0.289. The van der Waals surface area contributed by atoms with Crippen LogP contribution in [0.2, 0.25) is 5.15 Å². The molecule has 4 N–H and O–H groups in total. The molecular formula is C60H64BClN8O6. The van der Waals surface area contributed by atoms with Gasteiger partial charge in [0.2, 0.25) is 0 Å². The minimum absolute atomic E-state index is 0.0159. The number of ether oxygens (including phenoxy) is 2. The fourth-order valence-corrected chi connectivity index (χ4v) is 10.6. The van der Waals surface area contributed by atoms with Crippen LogP contribution in [0.1, 0.15) is 87.7 Å². The first-order valence-corrected chi connectivity index (χ1v) is 26.8. The summed E-state index contributed by atoms with van der Waals surface area (Å²) in [4.78, 5) is 45.0. The fourth-order valence-electron chi connectivity index (χ4n) is 10.4. The summed E-state index contributed by atoms with van der Waals surface area (Å²) in [6.07, 6.45) is 11.7. The first-order valence-electron chi connectivity index (χ1n) is 26.4. The molecule has 8 aromatic rings. The minimum atomic E-state index is -0.289. The van der Waals surface area contributed by atoms with Crippen molar-refractivity contribution in [2.75, 3.05) is 65.7 Å². The lowest BCUT2D eigenvalue weighted by Gasteiger charge is -2.32. The van der Waals surface area contributed by atoms with E-state index in [0.29, 0.717) is 23.8 Å². The van der Waals surface area contributed by atoms with E-state index in [1.54, 1.807) is 0 Å². The number of hydrogen-bond acceptors (Lipinski definition) is 10. The van der Waals surface area contributed by atoms with Crippen molar-refractivity contribution >= 4 is 92.1 Å². The third-order valence-electron chi connectivity index (χ3n) is 15.3. The average Bonchev–Trinajstić information content (AvgIpc) is 4.16. The number of nitrogens with zero attached hydrogens (tertiary/aromatic N) is 4. The van der Waals surface area contributed by atoms with Gasteiger partial charge in [-0.2, -0.15) is 0 Å². The largest absolute Gasteiger partial charge is 0.487 e. The lowest BCUT2D eigenvalue weighted by atomic mass is 9.89. The second-order valence-corrected chi connectivity index (χ2v) is 21.5. The number of rotatable bonds is 8. The Labute approximate surface area is 448 Å². The quantitative estimate of drug-likeness (QED) is 0.0853. The molecule has 13 rings (SSSR count). The molecule has 0 saturated carbocycles. The van der Waals surface area contributed by atoms with Crippen molar-refractivity contribution in [3.05, 3.63) is 159 Å². The maximum atomic E-state index is 12.4. The fraction of sp³-hybridized carbons (Fsp3) is 0.333. The summed E-state index contributed by atoms with van der Waals surface area (Å²) in [5.41, 5.74) is 10.4. The van der Waals surface area contributed by atoms with E-state index in [2.05, 4.69) is 142 Å². The lowest BCUT2D eigenvalue weighted by molar-refractivity contribution is 0.00578. The van der Waals surface area contributed by atoms with Crippen LogP contribution in [0, 0.1) is 0 Å². The summed E-state index contributed by atoms with van der Waals surface area (Å²) >= 11 is 6.01. The number of benzene rings is 4. The monoisotopic (exact) mass is 1040 g/mol. The molecule has 0 spiro atoms. The number of hydrogen-bond donors (Lipinski definition) is 4. The number of aromatic amines is 2. The number of amides is 2. The predicted octanol–water partition coefficient (Wildman–Crippen LogP) is 9.82. The molecule has 5 aliphatic rings. The molecule has 3 fully saturated rings. The molecule has 390 valence electrons. The van der Waals surface area contributed by atoms with Gasteiger partial charge in [0.25, 0.3) is 11.8 Å². The van der Waals surface area contributed by atoms with Crippen molar-refractivity contribution in [2.24, 2.45) is 0 Å². The Kier molecular flexibility index (Phi) is 15.0. The number of pyridine rings is 2. The van der Waals surface area contributed by atoms with Gasteiger partial charge in [0.15, 0.2) is 0 Å². The molecule has 0 aliphatic carbocycles. The molecule has 0 bridgehead atoms. The molecule has 5 aliphatic heterocycles. The third-order valence-corrected chi connectivity index (χ3v) is 15.6. The molecule has 4 aromatic heterocycles. The molecule has 9 heterocycles. The minimum Gasteiger partial charge on any atom is -0.400 e. The summed E-state index contributed by atoms with van der Waals surface area (Å²) < 4.78 is 22.8. The van der Waals surface area contributed by atoms with E-state index in [4.69, 9.17) is 35.4 Å². The molecule has 0 radical (unpaired) electrons. The van der Waals surface area contributed by atoms with Gasteiger partial charge in [-0.05, 0) is 73.5 Å². The number of fused-ring (bicyclic) bond motifs is 10. The van der Waals surface area contributed by atoms with Crippen LogP contribution in [-0.2, 0) is 44.7 Å². The number of halogens is 1. The third kappa shape index (κ3) is 11.2. The number of H-pyrrole nitrogens is 2. The van der Waals surface area contributed by atoms with E-state index < -0.39 is 0 Å². The summed E-state index contributed by atoms with van der Waals surface area (Å²) in [5, 5.41) is 12.4. The van der Waals surface area contributed by atoms with Crippen LogP contribution in [0.5, 0.6) is 0 Å². The van der Waals surface area contributed by atoms with Gasteiger partial charge in [-0.3, -0.25) is 29.4 Å². The van der Waals surface area contributed by atoms with Crippen LogP contribution in [0.4, 0.5) is 0 Å². The SMILES string of the molecule is CC1(C)OB(/C=C/c2ccc(CN3CCOCC3)cc2)OC1(C)C.O=C1NCCc2nc3c(ccc4c[nH]c(/C=C/c5ccc(CN6CCOCC6)cc5)cc43)c21.O=C1NCCc2nc3c(ccc4c[nH]c(Cl)cc43)c21. The maximum absolute atomic E-state index is 12.4. The van der Waals surface area contributed by atoms with Gasteiger partial charge in [0, 0.05) is 110 Å². The van der Waals surface area contributed by atoms with Crippen molar-refractivity contribution in [1.29, 1.82) is 0 Å². The highest BCUT2D eigenvalue weighted by atomic mass is 35.5. The Morgan fingerprint density at radius 3 is 1.58 bits per heavy atom. The highest BCUT2D eigenvalue weighted by Crippen LogP contribution is 2.37. The van der Waals surface area contributed by atoms with Crippen LogP contribution >= 0.6 is 11.6 Å². The molecule has 0 atom stereocenters. The van der Waals surface area contributed by atoms with Crippen molar-refractivity contribution in [2.45, 2.75) is 64.8 Å². The summed E-state index contributed by atoms with van der Waals surface area (Å²) in [6.45, 7) is 18.9. The van der Waals surface area contributed by atoms with Gasteiger partial charge in [0.1, 0.15) is 5.15 Å². The zero-order valence-electron chi connectivity index (χ0n) is 43.6. The zero-order valence-corrected chi connectivity index (χ0v) is 44.4. The number of nitrogens with one attached hydrogen (secondary N) is 4. The van der Waals surface area contributed by atoms with Gasteiger partial charge in [-0.25, -0.2) is 0 Å². The average molecular weight is 1040 g/mol. The number of aromatic nitrogens is 4. The van der Waals surface area contributed by atoms with Gasteiger partial charge in [-0.15, -0.1) is 0 Å². The summed E-state index contributed by atoms with van der Waals surface area (Å²) in [6, 6.07) is 29.4. The van der Waals surface area contributed by atoms with E-state index in [0.717, 1.165) is 156 Å². The number of carbonyl (C=O) groups is 2. The Bertz CT molecular complexity index is 3470. The molecule has 4 aromatic carbocycles. The van der Waals surface area contributed by atoms with Crippen molar-refractivity contribution in [3.63, 3.8) is 0 Å². The molecule has 2 amide bonds. The van der Waals surface area contributed by atoms with Crippen LogP contribution in [0.3, 0.4) is 0 Å². The smallest absolute Gasteiger partial charge is 0.400 e. The van der Waals surface area contributed by atoms with Crippen LogP contribution in [0.25, 0.3) is 61.6 Å². The molecular weight excluding hydrogens is 975 g/mol. The molecule has 3 saturated heterocycles. The molecule has 16 heteroatoms. The van der Waals surface area contributed by atoms with Gasteiger partial charge >= 0.3 is 7.12 Å². The van der Waals surface area contributed by atoms with Gasteiger partial charge in [0.05, 0.1) is 71.2 Å². The van der Waals surface area contributed by atoms with Crippen LogP contribution in [-0.4, -0.2) is 126 Å². The standard InChI is InChI=1S/C27H26N4O2.C19H28BNO3.C14H10ClN3O/c32-27-25-22-8-6-20-16-29-21(15-23(20)26(22)30-24(25)9-10-28-27)7-5-18-1-3-19(4-2-18)17-31-11-13-33-14-12-31;1-18(2)19(3,4)24-20(23-18)10-9-16-5-7-17(8-6-16)15-21-11-13-22-14-12-21;15-11-5-9-7(6-17-11)1-2-8-12-10(18-13(8)9)3-4-16-14(12)19/h1-8,15-16,29H,9-14,17H2,(H,28,32);5-10H,11-15H2,1-4H3;1-2,5-6,17H,3-4H2,(H,16,19)/b7-5+;10-9+;. The van der Waals surface area contributed by atoms with E-state index in [1.807, 2.05) is 42.6 Å². The molecule has 76 heavy (non-hydrogen) atoms. The normalized spacial score (nSPS) is 18.6. The van der Waals surface area contributed by atoms with Gasteiger partial charge in [-0.1, -0.05) is 103 Å². The number of carbonyl (C=O) groups excluding carboxylic acids is 2. The Morgan fingerprint density at radius 2 is 1.07 bits per heavy atom. The predicted molar refractivity (Wildman–Crippen MR) is 303 cm³/mol. The van der Waals surface area contributed by atoms with Crippen molar-refractivity contribution in [1.82, 2.24) is 40.4 Å². The van der Waals surface area contributed by atoms with Crippen molar-refractivity contribution < 1.29 is 28.4 Å². The first-order chi connectivity index (χ1) is 36.8. The lowest BCUT2D eigenvalue weighted by Crippen LogP contribution is -2.41. The highest BCUT2D eigenvalue weighted by Gasteiger charge is 2.50.